The SMILES string of the molecule is CCN(CC)c1ccc(C=CC2=[N+](CCCCC3CCCC3)c3ccccc3C2(C)Cc2ccc(Br)cc2F)cc1. The highest BCUT2D eigenvalue weighted by atomic mass is 79.9. The molecule has 2 nitrogen and oxygen atoms in total. The van der Waals surface area contributed by atoms with Crippen molar-refractivity contribution < 1.29 is 8.97 Å². The second-order valence-electron chi connectivity index (χ2n) is 12.0. The summed E-state index contributed by atoms with van der Waals surface area (Å²) in [6.45, 7) is 9.69. The summed E-state index contributed by atoms with van der Waals surface area (Å²) in [4.78, 5) is 2.37. The molecule has 5 rings (SSSR count). The van der Waals surface area contributed by atoms with E-state index < -0.39 is 0 Å². The Balaban J connectivity index is 1.49. The number of halogens is 2. The molecule has 3 aromatic carbocycles. The van der Waals surface area contributed by atoms with Gasteiger partial charge in [0.25, 0.3) is 0 Å². The summed E-state index contributed by atoms with van der Waals surface area (Å²) in [6, 6.07) is 23.1. The molecule has 1 saturated carbocycles. The summed E-state index contributed by atoms with van der Waals surface area (Å²) in [5.74, 6) is 0.776. The molecule has 216 valence electrons. The quantitative estimate of drug-likeness (QED) is 0.145. The maximum atomic E-state index is 15.2. The number of para-hydroxylation sites is 1. The molecule has 1 aliphatic carbocycles. The average Bonchev–Trinajstić information content (AvgIpc) is 3.58. The van der Waals surface area contributed by atoms with Gasteiger partial charge in [-0.2, -0.15) is 4.58 Å². The molecule has 3 aromatic rings. The highest BCUT2D eigenvalue weighted by molar-refractivity contribution is 9.10. The van der Waals surface area contributed by atoms with Gasteiger partial charge in [0.1, 0.15) is 12.4 Å². The highest BCUT2D eigenvalue weighted by Gasteiger charge is 2.47. The Morgan fingerprint density at radius 2 is 1.68 bits per heavy atom. The molecular weight excluding hydrogens is 571 g/mol. The molecule has 0 radical (unpaired) electrons. The van der Waals surface area contributed by atoms with Crippen molar-refractivity contribution in [1.29, 1.82) is 0 Å². The average molecular weight is 617 g/mol. The number of allylic oxidation sites excluding steroid dienone is 1. The second kappa shape index (κ2) is 13.5. The first kappa shape index (κ1) is 29.8. The predicted octanol–water partition coefficient (Wildman–Crippen LogP) is 10.1. The summed E-state index contributed by atoms with van der Waals surface area (Å²) in [5.41, 5.74) is 6.67. The van der Waals surface area contributed by atoms with E-state index in [4.69, 9.17) is 0 Å². The van der Waals surface area contributed by atoms with E-state index in [1.807, 2.05) is 12.1 Å². The molecule has 1 heterocycles. The number of rotatable bonds is 12. The van der Waals surface area contributed by atoms with Crippen LogP contribution in [0.3, 0.4) is 0 Å². The van der Waals surface area contributed by atoms with Crippen LogP contribution in [0.1, 0.15) is 82.4 Å². The van der Waals surface area contributed by atoms with Gasteiger partial charge < -0.3 is 4.90 Å². The Hall–Kier alpha value is -2.72. The number of hydrogen-bond acceptors (Lipinski definition) is 1. The fraction of sp³-hybridized carbons (Fsp3) is 0.432. The normalized spacial score (nSPS) is 19.0. The van der Waals surface area contributed by atoms with Crippen molar-refractivity contribution in [3.8, 4) is 0 Å². The lowest BCUT2D eigenvalue weighted by Crippen LogP contribution is -2.34. The molecule has 0 aromatic heterocycles. The minimum atomic E-state index is -0.339. The molecule has 1 fully saturated rings. The molecular formula is C37H45BrFN2+. The number of unbranched alkanes of at least 4 members (excludes halogenated alkanes) is 1. The Kier molecular flexibility index (Phi) is 9.80. The molecule has 2 aliphatic rings. The summed E-state index contributed by atoms with van der Waals surface area (Å²) < 4.78 is 18.5. The standard InChI is InChI=1S/C37H45BrFN2/c1-4-40(5-2)32-22-17-29(18-23-32)19-24-36-37(3,27-30-20-21-31(38)26-34(30)39)33-15-8-9-16-35(33)41(36)25-11-10-14-28-12-6-7-13-28/h8-9,15-24,26,28H,4-7,10-14,25,27H2,1-3H3/q+1. The van der Waals surface area contributed by atoms with Crippen LogP contribution in [0, 0.1) is 11.7 Å². The Morgan fingerprint density at radius 3 is 2.39 bits per heavy atom. The zero-order valence-corrected chi connectivity index (χ0v) is 26.6. The van der Waals surface area contributed by atoms with Crippen LogP contribution >= 0.6 is 15.9 Å². The lowest BCUT2D eigenvalue weighted by Gasteiger charge is -2.23. The number of hydrogen-bond donors (Lipinski definition) is 0. The molecule has 0 spiro atoms. The van der Waals surface area contributed by atoms with Gasteiger partial charge in [-0.05, 0) is 81.0 Å². The van der Waals surface area contributed by atoms with E-state index in [1.54, 1.807) is 6.07 Å². The molecule has 1 atom stereocenters. The smallest absolute Gasteiger partial charge is 0.209 e. The maximum absolute atomic E-state index is 15.2. The van der Waals surface area contributed by atoms with Crippen LogP contribution in [-0.4, -0.2) is 29.9 Å². The molecule has 1 unspecified atom stereocenters. The molecule has 0 saturated heterocycles. The van der Waals surface area contributed by atoms with Gasteiger partial charge >= 0.3 is 0 Å². The van der Waals surface area contributed by atoms with Gasteiger partial charge in [-0.1, -0.05) is 84.4 Å². The summed E-state index contributed by atoms with van der Waals surface area (Å²) >= 11 is 3.44. The monoisotopic (exact) mass is 615 g/mol. The van der Waals surface area contributed by atoms with Crippen molar-refractivity contribution in [2.75, 3.05) is 24.5 Å². The van der Waals surface area contributed by atoms with E-state index in [9.17, 15) is 0 Å². The summed E-state index contributed by atoms with van der Waals surface area (Å²) in [6.07, 6.45) is 14.6. The van der Waals surface area contributed by atoms with Crippen LogP contribution < -0.4 is 4.90 Å². The van der Waals surface area contributed by atoms with Gasteiger partial charge in [0, 0.05) is 47.4 Å². The summed E-state index contributed by atoms with van der Waals surface area (Å²) in [7, 11) is 0. The third-order valence-electron chi connectivity index (χ3n) is 9.38. The van der Waals surface area contributed by atoms with Gasteiger partial charge in [0.15, 0.2) is 5.71 Å². The van der Waals surface area contributed by atoms with Crippen molar-refractivity contribution in [3.63, 3.8) is 0 Å². The second-order valence-corrected chi connectivity index (χ2v) is 13.0. The van der Waals surface area contributed by atoms with Gasteiger partial charge in [-0.3, -0.25) is 0 Å². The summed E-state index contributed by atoms with van der Waals surface area (Å²) in [5, 5.41) is 0. The highest BCUT2D eigenvalue weighted by Crippen LogP contribution is 2.43. The number of fused-ring (bicyclic) bond motifs is 1. The first-order valence-electron chi connectivity index (χ1n) is 15.6. The Bertz CT molecular complexity index is 1380. The Labute approximate surface area is 255 Å². The predicted molar refractivity (Wildman–Crippen MR) is 176 cm³/mol. The van der Waals surface area contributed by atoms with Gasteiger partial charge in [-0.25, -0.2) is 4.39 Å². The molecule has 1 aliphatic heterocycles. The fourth-order valence-electron chi connectivity index (χ4n) is 7.05. The Morgan fingerprint density at radius 1 is 0.951 bits per heavy atom. The van der Waals surface area contributed by atoms with Crippen LogP contribution in [0.4, 0.5) is 15.8 Å². The number of benzene rings is 3. The minimum Gasteiger partial charge on any atom is -0.372 e. The molecule has 4 heteroatoms. The van der Waals surface area contributed by atoms with Gasteiger partial charge in [-0.15, -0.1) is 0 Å². The van der Waals surface area contributed by atoms with E-state index in [-0.39, 0.29) is 11.2 Å². The fourth-order valence-corrected chi connectivity index (χ4v) is 7.38. The lowest BCUT2D eigenvalue weighted by molar-refractivity contribution is -0.438. The van der Waals surface area contributed by atoms with E-state index >= 15 is 4.39 Å². The van der Waals surface area contributed by atoms with Crippen molar-refractivity contribution >= 4 is 39.1 Å². The van der Waals surface area contributed by atoms with Crippen molar-refractivity contribution in [3.05, 3.63) is 99.8 Å². The largest absolute Gasteiger partial charge is 0.372 e. The molecule has 0 amide bonds. The van der Waals surface area contributed by atoms with E-state index in [0.717, 1.165) is 35.6 Å². The first-order chi connectivity index (χ1) is 19.9. The number of nitrogens with zero attached hydrogens (tertiary/aromatic N) is 2. The molecule has 41 heavy (non-hydrogen) atoms. The first-order valence-corrected chi connectivity index (χ1v) is 16.4. The van der Waals surface area contributed by atoms with Crippen molar-refractivity contribution in [2.45, 2.75) is 77.6 Å². The third kappa shape index (κ3) is 6.69. The lowest BCUT2D eigenvalue weighted by atomic mass is 9.74. The van der Waals surface area contributed by atoms with E-state index in [1.165, 1.54) is 73.2 Å². The topological polar surface area (TPSA) is 6.25 Å². The maximum Gasteiger partial charge on any atom is 0.209 e. The zero-order chi connectivity index (χ0) is 28.8. The van der Waals surface area contributed by atoms with E-state index in [2.05, 4.69) is 107 Å². The van der Waals surface area contributed by atoms with Crippen molar-refractivity contribution in [2.24, 2.45) is 5.92 Å². The van der Waals surface area contributed by atoms with Crippen LogP contribution in [0.2, 0.25) is 0 Å². The third-order valence-corrected chi connectivity index (χ3v) is 9.87. The van der Waals surface area contributed by atoms with Crippen molar-refractivity contribution in [1.82, 2.24) is 0 Å². The number of anilines is 1. The van der Waals surface area contributed by atoms with E-state index in [0.29, 0.717) is 6.42 Å². The van der Waals surface area contributed by atoms with Crippen LogP contribution in [0.15, 0.2) is 77.3 Å². The van der Waals surface area contributed by atoms with Crippen LogP contribution in [-0.2, 0) is 11.8 Å². The van der Waals surface area contributed by atoms with Crippen LogP contribution in [0.25, 0.3) is 6.08 Å². The molecule has 0 bridgehead atoms. The molecule has 0 N–H and O–H groups in total. The van der Waals surface area contributed by atoms with Gasteiger partial charge in [0.05, 0.1) is 5.41 Å². The van der Waals surface area contributed by atoms with Crippen LogP contribution in [0.5, 0.6) is 0 Å². The minimum absolute atomic E-state index is 0.150. The van der Waals surface area contributed by atoms with Gasteiger partial charge in [0.2, 0.25) is 5.69 Å². The zero-order valence-electron chi connectivity index (χ0n) is 25.0.